The number of rotatable bonds is 3. The molecule has 3 aromatic rings. The van der Waals surface area contributed by atoms with Gasteiger partial charge in [-0.2, -0.15) is 4.31 Å². The first-order valence-corrected chi connectivity index (χ1v) is 10.8. The van der Waals surface area contributed by atoms with Crippen molar-refractivity contribution in [1.82, 2.24) is 0 Å². The van der Waals surface area contributed by atoms with Gasteiger partial charge in [0, 0.05) is 0 Å². The van der Waals surface area contributed by atoms with E-state index in [0.29, 0.717) is 22.9 Å². The third kappa shape index (κ3) is 2.88. The minimum Gasteiger partial charge on any atom is -0.454 e. The van der Waals surface area contributed by atoms with Crippen molar-refractivity contribution in [3.63, 3.8) is 0 Å². The number of para-hydroxylation sites is 1. The molecule has 0 unspecified atom stereocenters. The van der Waals surface area contributed by atoms with Gasteiger partial charge < -0.3 is 9.47 Å². The van der Waals surface area contributed by atoms with Crippen LogP contribution in [0.4, 0.5) is 16.2 Å². The number of aryl methyl sites for hydroxylation is 1. The predicted octanol–water partition coefficient (Wildman–Crippen LogP) is 4.06. The molecule has 0 fully saturated rings. The molecular weight excluding hydrogens is 404 g/mol. The minimum absolute atomic E-state index is 0.0897. The SMILES string of the molecule is Cc1cccc(N2C(=O)N(Cc3ccc4c(c3)OCO4)c3ccccc3S2(=O)=O)c1. The summed E-state index contributed by atoms with van der Waals surface area (Å²) in [6, 6.07) is 18.2. The molecule has 0 aromatic heterocycles. The van der Waals surface area contributed by atoms with Gasteiger partial charge in [-0.05, 0) is 54.4 Å². The van der Waals surface area contributed by atoms with E-state index in [2.05, 4.69) is 0 Å². The highest BCUT2D eigenvalue weighted by atomic mass is 32.2. The maximum Gasteiger partial charge on any atom is 0.343 e. The van der Waals surface area contributed by atoms with Gasteiger partial charge in [0.25, 0.3) is 10.0 Å². The van der Waals surface area contributed by atoms with Crippen molar-refractivity contribution < 1.29 is 22.7 Å². The Morgan fingerprint density at radius 2 is 1.73 bits per heavy atom. The van der Waals surface area contributed by atoms with Gasteiger partial charge >= 0.3 is 6.03 Å². The number of anilines is 2. The van der Waals surface area contributed by atoms with E-state index in [1.165, 1.54) is 11.0 Å². The molecule has 2 aliphatic rings. The minimum atomic E-state index is -4.04. The highest BCUT2D eigenvalue weighted by Gasteiger charge is 2.42. The summed E-state index contributed by atoms with van der Waals surface area (Å²) in [7, 11) is -4.04. The van der Waals surface area contributed by atoms with E-state index in [1.807, 2.05) is 19.1 Å². The van der Waals surface area contributed by atoms with Crippen LogP contribution >= 0.6 is 0 Å². The largest absolute Gasteiger partial charge is 0.454 e. The maximum atomic E-state index is 13.5. The van der Waals surface area contributed by atoms with Crippen LogP contribution in [0.2, 0.25) is 0 Å². The second kappa shape index (κ2) is 6.77. The summed E-state index contributed by atoms with van der Waals surface area (Å²) in [5.74, 6) is 1.25. The first kappa shape index (κ1) is 18.5. The number of carbonyl (C=O) groups excluding carboxylic acids is 1. The quantitative estimate of drug-likeness (QED) is 0.636. The summed E-state index contributed by atoms with van der Waals surface area (Å²) in [5.41, 5.74) is 2.32. The van der Waals surface area contributed by atoms with Crippen molar-refractivity contribution in [1.29, 1.82) is 0 Å². The zero-order valence-corrected chi connectivity index (χ0v) is 16.9. The number of sulfonamides is 1. The van der Waals surface area contributed by atoms with Crippen molar-refractivity contribution in [3.8, 4) is 11.5 Å². The maximum absolute atomic E-state index is 13.5. The normalized spacial score (nSPS) is 16.5. The number of hydrogen-bond donors (Lipinski definition) is 0. The molecule has 3 aromatic carbocycles. The van der Waals surface area contributed by atoms with Gasteiger partial charge in [-0.1, -0.05) is 30.3 Å². The Morgan fingerprint density at radius 1 is 0.933 bits per heavy atom. The first-order chi connectivity index (χ1) is 14.4. The Balaban J connectivity index is 1.62. The number of urea groups is 1. The van der Waals surface area contributed by atoms with Crippen molar-refractivity contribution in [2.75, 3.05) is 16.0 Å². The van der Waals surface area contributed by atoms with Gasteiger partial charge in [-0.3, -0.25) is 4.90 Å². The Kier molecular flexibility index (Phi) is 4.18. The fourth-order valence-corrected chi connectivity index (χ4v) is 5.28. The zero-order valence-electron chi connectivity index (χ0n) is 16.1. The third-order valence-electron chi connectivity index (χ3n) is 5.09. The van der Waals surface area contributed by atoms with Gasteiger partial charge in [0.05, 0.1) is 17.9 Å². The molecule has 5 rings (SSSR count). The lowest BCUT2D eigenvalue weighted by molar-refractivity contribution is 0.174. The summed E-state index contributed by atoms with van der Waals surface area (Å²) in [6.07, 6.45) is 0. The van der Waals surface area contributed by atoms with E-state index in [0.717, 1.165) is 15.4 Å². The Bertz CT molecular complexity index is 1270. The van der Waals surface area contributed by atoms with Crippen LogP contribution in [-0.4, -0.2) is 21.2 Å². The van der Waals surface area contributed by atoms with Gasteiger partial charge in [0.1, 0.15) is 4.90 Å². The number of nitrogens with zero attached hydrogens (tertiary/aromatic N) is 2. The van der Waals surface area contributed by atoms with Crippen molar-refractivity contribution in [2.24, 2.45) is 0 Å². The van der Waals surface area contributed by atoms with Crippen LogP contribution in [0.1, 0.15) is 11.1 Å². The molecule has 2 aliphatic heterocycles. The van der Waals surface area contributed by atoms with Crippen molar-refractivity contribution in [3.05, 3.63) is 77.9 Å². The monoisotopic (exact) mass is 422 g/mol. The molecule has 8 heteroatoms. The van der Waals surface area contributed by atoms with Gasteiger partial charge in [-0.25, -0.2) is 13.2 Å². The van der Waals surface area contributed by atoms with Crippen molar-refractivity contribution in [2.45, 2.75) is 18.4 Å². The van der Waals surface area contributed by atoms with Crippen LogP contribution in [0.25, 0.3) is 0 Å². The summed E-state index contributed by atoms with van der Waals surface area (Å²) < 4.78 is 38.3. The molecular formula is C22H18N2O5S. The Hall–Kier alpha value is -3.52. The number of carbonyl (C=O) groups is 1. The number of hydrogen-bond acceptors (Lipinski definition) is 5. The van der Waals surface area contributed by atoms with Crippen LogP contribution in [0.5, 0.6) is 11.5 Å². The van der Waals surface area contributed by atoms with E-state index >= 15 is 0 Å². The molecule has 0 aliphatic carbocycles. The van der Waals surface area contributed by atoms with Crippen LogP contribution in [0, 0.1) is 6.92 Å². The smallest absolute Gasteiger partial charge is 0.343 e. The van der Waals surface area contributed by atoms with E-state index < -0.39 is 16.1 Å². The Labute approximate surface area is 174 Å². The number of amides is 2. The second-order valence-corrected chi connectivity index (χ2v) is 8.89. The highest BCUT2D eigenvalue weighted by molar-refractivity contribution is 7.94. The van der Waals surface area contributed by atoms with Crippen LogP contribution in [-0.2, 0) is 16.6 Å². The fourth-order valence-electron chi connectivity index (χ4n) is 3.69. The van der Waals surface area contributed by atoms with E-state index in [-0.39, 0.29) is 18.2 Å². The lowest BCUT2D eigenvalue weighted by Gasteiger charge is -2.36. The zero-order chi connectivity index (χ0) is 20.9. The molecule has 152 valence electrons. The van der Waals surface area contributed by atoms with Gasteiger partial charge in [-0.15, -0.1) is 0 Å². The molecule has 0 radical (unpaired) electrons. The molecule has 0 N–H and O–H groups in total. The molecule has 7 nitrogen and oxygen atoms in total. The molecule has 2 heterocycles. The predicted molar refractivity (Wildman–Crippen MR) is 111 cm³/mol. The third-order valence-corrected chi connectivity index (χ3v) is 6.84. The molecule has 0 atom stereocenters. The summed E-state index contributed by atoms with van der Waals surface area (Å²) in [4.78, 5) is 15.0. The van der Waals surface area contributed by atoms with Gasteiger partial charge in [0.15, 0.2) is 11.5 Å². The standard InChI is InChI=1S/C22H18N2O5S/c1-15-5-4-6-17(11-15)24-22(25)23(18-7-2-3-8-21(18)30(24,26)27)13-16-9-10-19-20(12-16)29-14-28-19/h2-12H,13-14H2,1H3. The highest BCUT2D eigenvalue weighted by Crippen LogP contribution is 2.39. The van der Waals surface area contributed by atoms with Crippen molar-refractivity contribution >= 4 is 27.4 Å². The molecule has 2 amide bonds. The molecule has 0 saturated heterocycles. The average molecular weight is 422 g/mol. The van der Waals surface area contributed by atoms with Crippen LogP contribution < -0.4 is 18.7 Å². The number of fused-ring (bicyclic) bond motifs is 2. The Morgan fingerprint density at radius 3 is 2.57 bits per heavy atom. The summed E-state index contributed by atoms with van der Waals surface area (Å²) in [5, 5.41) is 0. The molecule has 0 saturated carbocycles. The lowest BCUT2D eigenvalue weighted by Crippen LogP contribution is -2.50. The summed E-state index contributed by atoms with van der Waals surface area (Å²) >= 11 is 0. The second-order valence-electron chi connectivity index (χ2n) is 7.13. The van der Waals surface area contributed by atoms with Crippen LogP contribution in [0.15, 0.2) is 71.6 Å². The van der Waals surface area contributed by atoms with E-state index in [1.54, 1.807) is 48.5 Å². The average Bonchev–Trinajstić information content (AvgIpc) is 3.19. The lowest BCUT2D eigenvalue weighted by atomic mass is 10.1. The fraction of sp³-hybridized carbons (Fsp3) is 0.136. The van der Waals surface area contributed by atoms with E-state index in [4.69, 9.17) is 9.47 Å². The molecule has 30 heavy (non-hydrogen) atoms. The van der Waals surface area contributed by atoms with Crippen LogP contribution in [0.3, 0.4) is 0 Å². The molecule has 0 spiro atoms. The number of benzene rings is 3. The molecule has 0 bridgehead atoms. The van der Waals surface area contributed by atoms with Gasteiger partial charge in [0.2, 0.25) is 6.79 Å². The van der Waals surface area contributed by atoms with E-state index in [9.17, 15) is 13.2 Å². The first-order valence-electron chi connectivity index (χ1n) is 9.36. The number of ether oxygens (including phenoxy) is 2. The summed E-state index contributed by atoms with van der Waals surface area (Å²) in [6.45, 7) is 2.19. The topological polar surface area (TPSA) is 76.2 Å².